The first-order valence-electron chi connectivity index (χ1n) is 44.2. The van der Waals surface area contributed by atoms with Gasteiger partial charge < -0.3 is 13.3 Å². The molecule has 129 heavy (non-hydrogen) atoms. The zero-order valence-electron chi connectivity index (χ0n) is 70.4. The van der Waals surface area contributed by atoms with Gasteiger partial charge in [0.2, 0.25) is 0 Å². The SMILES string of the molecule is c1ccc(-c2ccc3c(c2)oc2cccc(-c4c5ccccc5c(-c5ccccc5)c5ccccc45)c23)cc1.c1ccc(-c2cccc(-c3ccc4oc5ccc(-c6c7ccccc7c(-c7ccccc7)c7ccccc67)cc5c4c3)c2)cc1.c1ccc(-c2ccccc2-c2cccc3oc4ccc(-c5c6ccccc6c(-c6ccccc6)c6ccccc56)cc4c23)cc1. The molecule has 602 valence electrons. The summed E-state index contributed by atoms with van der Waals surface area (Å²) in [7, 11) is 0. The topological polar surface area (TPSA) is 39.4 Å². The minimum absolute atomic E-state index is 0.896. The minimum Gasteiger partial charge on any atom is -0.456 e. The summed E-state index contributed by atoms with van der Waals surface area (Å²) in [5, 5.41) is 21.9. The molecule has 0 aliphatic rings. The molecule has 0 bridgehead atoms. The summed E-state index contributed by atoms with van der Waals surface area (Å²) in [5.74, 6) is 0. The van der Waals surface area contributed by atoms with E-state index in [-0.39, 0.29) is 0 Å². The molecule has 26 aromatic rings. The van der Waals surface area contributed by atoms with E-state index in [4.69, 9.17) is 13.3 Å². The van der Waals surface area contributed by atoms with Gasteiger partial charge in [0, 0.05) is 32.3 Å². The van der Waals surface area contributed by atoms with E-state index in [9.17, 15) is 0 Å². The Morgan fingerprint density at radius 1 is 0.101 bits per heavy atom. The molecule has 3 aromatic heterocycles. The zero-order valence-corrected chi connectivity index (χ0v) is 70.4. The van der Waals surface area contributed by atoms with E-state index in [1.807, 2.05) is 6.07 Å². The van der Waals surface area contributed by atoms with Crippen molar-refractivity contribution in [3.05, 3.63) is 485 Å². The van der Waals surface area contributed by atoms with Crippen LogP contribution in [0.2, 0.25) is 0 Å². The molecule has 0 saturated heterocycles. The maximum atomic E-state index is 6.50. The standard InChI is InChI=1S/2C44H28O.C38H24O/c1-3-12-29(13-4-1)31-16-11-17-32(26-31)33-22-24-41-39(27-33)40-28-34(23-25-42(40)45-41)44-37-20-9-7-18-35(37)43(30-14-5-2-6-15-30)36-19-8-10-21-38(36)44;1-3-14-29(15-4-1)32-18-7-8-19-33(32)34-24-13-25-41-44(34)39-28-31(26-27-40(39)45-41)43-37-22-11-9-20-35(37)42(30-16-5-2-6-17-30)36-21-10-12-23-38(36)43;1-3-12-25(13-4-1)27-22-23-32-35(24-27)39-34-21-11-20-33(38(32)34)37-30-18-9-7-16-28(30)36(26-14-5-2-6-15-26)29-17-8-10-19-31(29)37/h2*1-28H;1-24H. The van der Waals surface area contributed by atoms with Crippen molar-refractivity contribution in [1.82, 2.24) is 0 Å². The van der Waals surface area contributed by atoms with E-state index >= 15 is 0 Å². The van der Waals surface area contributed by atoms with Crippen LogP contribution in [0.4, 0.5) is 0 Å². The molecule has 0 unspecified atom stereocenters. The van der Waals surface area contributed by atoms with Crippen molar-refractivity contribution >= 4 is 130 Å². The van der Waals surface area contributed by atoms with Gasteiger partial charge in [-0.2, -0.15) is 0 Å². The van der Waals surface area contributed by atoms with Crippen LogP contribution in [0.5, 0.6) is 0 Å². The number of hydrogen-bond acceptors (Lipinski definition) is 3. The summed E-state index contributed by atoms with van der Waals surface area (Å²) in [6, 6.07) is 174. The third kappa shape index (κ3) is 13.4. The lowest BCUT2D eigenvalue weighted by Crippen LogP contribution is -1.91. The highest BCUT2D eigenvalue weighted by atomic mass is 16.3. The molecule has 26 rings (SSSR count). The number of furan rings is 3. The monoisotopic (exact) mass is 1640 g/mol. The van der Waals surface area contributed by atoms with Crippen LogP contribution in [0.1, 0.15) is 0 Å². The van der Waals surface area contributed by atoms with Gasteiger partial charge in [0.15, 0.2) is 0 Å². The van der Waals surface area contributed by atoms with Gasteiger partial charge >= 0.3 is 0 Å². The highest BCUT2D eigenvalue weighted by Gasteiger charge is 2.25. The van der Waals surface area contributed by atoms with Crippen LogP contribution in [-0.2, 0) is 0 Å². The van der Waals surface area contributed by atoms with E-state index < -0.39 is 0 Å². The number of benzene rings is 23. The number of hydrogen-bond donors (Lipinski definition) is 0. The van der Waals surface area contributed by atoms with E-state index in [2.05, 4.69) is 479 Å². The summed E-state index contributed by atoms with van der Waals surface area (Å²) in [6.45, 7) is 0. The highest BCUT2D eigenvalue weighted by molar-refractivity contribution is 6.28. The van der Waals surface area contributed by atoms with Gasteiger partial charge in [-0.1, -0.05) is 419 Å². The van der Waals surface area contributed by atoms with Crippen molar-refractivity contribution in [2.75, 3.05) is 0 Å². The second-order valence-corrected chi connectivity index (χ2v) is 33.4. The van der Waals surface area contributed by atoms with Crippen LogP contribution >= 0.6 is 0 Å². The molecule has 0 fully saturated rings. The van der Waals surface area contributed by atoms with Gasteiger partial charge in [-0.25, -0.2) is 0 Å². The fourth-order valence-electron chi connectivity index (χ4n) is 20.3. The molecule has 3 nitrogen and oxygen atoms in total. The van der Waals surface area contributed by atoms with Crippen molar-refractivity contribution in [1.29, 1.82) is 0 Å². The highest BCUT2D eigenvalue weighted by Crippen LogP contribution is 2.52. The largest absolute Gasteiger partial charge is 0.456 e. The van der Waals surface area contributed by atoms with E-state index in [1.54, 1.807) is 0 Å². The molecular formula is C126H80O3. The van der Waals surface area contributed by atoms with Crippen molar-refractivity contribution in [3.8, 4) is 122 Å². The molecule has 0 aliphatic carbocycles. The summed E-state index contributed by atoms with van der Waals surface area (Å²) in [6.07, 6.45) is 0. The van der Waals surface area contributed by atoms with Gasteiger partial charge in [-0.3, -0.25) is 0 Å². The Morgan fingerprint density at radius 2 is 0.357 bits per heavy atom. The van der Waals surface area contributed by atoms with Crippen molar-refractivity contribution in [2.45, 2.75) is 0 Å². The molecule has 0 radical (unpaired) electrons. The smallest absolute Gasteiger partial charge is 0.136 e. The van der Waals surface area contributed by atoms with Crippen LogP contribution in [0.3, 0.4) is 0 Å². The predicted molar refractivity (Wildman–Crippen MR) is 546 cm³/mol. The van der Waals surface area contributed by atoms with Crippen LogP contribution in [0, 0.1) is 0 Å². The summed E-state index contributed by atoms with van der Waals surface area (Å²) in [4.78, 5) is 0. The molecule has 0 N–H and O–H groups in total. The average molecular weight is 1640 g/mol. The molecule has 0 aliphatic heterocycles. The van der Waals surface area contributed by atoms with Crippen LogP contribution in [-0.4, -0.2) is 0 Å². The van der Waals surface area contributed by atoms with Gasteiger partial charge in [0.1, 0.15) is 33.5 Å². The third-order valence-corrected chi connectivity index (χ3v) is 26.0. The number of fused-ring (bicyclic) bond motifs is 15. The molecular weight excluding hydrogens is 1560 g/mol. The fraction of sp³-hybridized carbons (Fsp3) is 0. The van der Waals surface area contributed by atoms with Crippen LogP contribution in [0.15, 0.2) is 499 Å². The normalized spacial score (nSPS) is 11.6. The Hall–Kier alpha value is -17.0. The Balaban J connectivity index is 0.000000108. The Bertz CT molecular complexity index is 8660. The van der Waals surface area contributed by atoms with Gasteiger partial charge in [-0.05, 0) is 254 Å². The molecule has 3 heteroatoms. The lowest BCUT2D eigenvalue weighted by molar-refractivity contribution is 0.668. The maximum absolute atomic E-state index is 6.50. The number of rotatable bonds is 11. The molecule has 0 atom stereocenters. The second-order valence-electron chi connectivity index (χ2n) is 33.4. The lowest BCUT2D eigenvalue weighted by atomic mass is 9.85. The van der Waals surface area contributed by atoms with Crippen LogP contribution < -0.4 is 0 Å². The molecule has 23 aromatic carbocycles. The van der Waals surface area contributed by atoms with E-state index in [1.165, 1.54) is 181 Å². The van der Waals surface area contributed by atoms with Gasteiger partial charge in [-0.15, -0.1) is 0 Å². The predicted octanol–water partition coefficient (Wildman–Crippen LogP) is 36.0. The van der Waals surface area contributed by atoms with Gasteiger partial charge in [0.25, 0.3) is 0 Å². The molecule has 0 saturated carbocycles. The van der Waals surface area contributed by atoms with Gasteiger partial charge in [0.05, 0.1) is 0 Å². The van der Waals surface area contributed by atoms with E-state index in [0.717, 1.165) is 71.4 Å². The Morgan fingerprint density at radius 3 is 0.783 bits per heavy atom. The maximum Gasteiger partial charge on any atom is 0.136 e. The molecule has 0 amide bonds. The second kappa shape index (κ2) is 32.3. The Labute approximate surface area is 746 Å². The minimum atomic E-state index is 0.896. The van der Waals surface area contributed by atoms with Crippen molar-refractivity contribution in [2.24, 2.45) is 0 Å². The van der Waals surface area contributed by atoms with Crippen LogP contribution in [0.25, 0.3) is 253 Å². The third-order valence-electron chi connectivity index (χ3n) is 26.0. The lowest BCUT2D eigenvalue weighted by Gasteiger charge is -2.18. The summed E-state index contributed by atoms with van der Waals surface area (Å²) in [5.41, 5.74) is 32.2. The molecule has 0 spiro atoms. The van der Waals surface area contributed by atoms with E-state index in [0.29, 0.717) is 0 Å². The summed E-state index contributed by atoms with van der Waals surface area (Å²) < 4.78 is 19.4. The van der Waals surface area contributed by atoms with Crippen molar-refractivity contribution in [3.63, 3.8) is 0 Å². The fourth-order valence-corrected chi connectivity index (χ4v) is 20.3. The first kappa shape index (κ1) is 75.7. The van der Waals surface area contributed by atoms with Crippen molar-refractivity contribution < 1.29 is 13.3 Å². The first-order valence-corrected chi connectivity index (χ1v) is 44.2. The quantitative estimate of drug-likeness (QED) is 0.121. The average Bonchev–Trinajstić information content (AvgIpc) is 1.37. The zero-order chi connectivity index (χ0) is 85.2. The summed E-state index contributed by atoms with van der Waals surface area (Å²) >= 11 is 0. The molecule has 3 heterocycles. The Kier molecular flexibility index (Phi) is 19.0. The first-order chi connectivity index (χ1) is 64.0.